The molecular weight excluding hydrogens is 256 g/mol. The van der Waals surface area contributed by atoms with Crippen LogP contribution in [0.15, 0.2) is 18.2 Å². The third-order valence-corrected chi connectivity index (χ3v) is 4.52. The lowest BCUT2D eigenvalue weighted by Crippen LogP contribution is -2.45. The number of benzene rings is 1. The van der Waals surface area contributed by atoms with E-state index in [1.165, 1.54) is 6.08 Å². The Kier molecular flexibility index (Phi) is 2.54. The zero-order valence-corrected chi connectivity index (χ0v) is 11.9. The molecule has 0 amide bonds. The first-order valence-corrected chi connectivity index (χ1v) is 6.75. The Labute approximate surface area is 117 Å². The maximum Gasteiger partial charge on any atom is 0.334 e. The Balaban J connectivity index is 2.28. The van der Waals surface area contributed by atoms with Gasteiger partial charge in [0, 0.05) is 17.1 Å². The molecule has 1 aliphatic carbocycles. The molecule has 1 aliphatic heterocycles. The van der Waals surface area contributed by atoms with Crippen molar-refractivity contribution in [2.75, 3.05) is 0 Å². The van der Waals surface area contributed by atoms with Crippen molar-refractivity contribution < 1.29 is 19.7 Å². The van der Waals surface area contributed by atoms with Gasteiger partial charge < -0.3 is 14.9 Å². The van der Waals surface area contributed by atoms with E-state index in [1.807, 2.05) is 26.8 Å². The summed E-state index contributed by atoms with van der Waals surface area (Å²) in [6, 6.07) is 3.53. The normalized spacial score (nSPS) is 27.2. The number of aryl methyl sites for hydroxylation is 2. The van der Waals surface area contributed by atoms with E-state index in [9.17, 15) is 15.0 Å². The van der Waals surface area contributed by atoms with Crippen LogP contribution in [0.25, 0.3) is 5.57 Å². The van der Waals surface area contributed by atoms with Crippen LogP contribution in [-0.4, -0.2) is 22.0 Å². The van der Waals surface area contributed by atoms with E-state index in [-0.39, 0.29) is 5.75 Å². The minimum absolute atomic E-state index is 0.158. The summed E-state index contributed by atoms with van der Waals surface area (Å²) in [5, 5.41) is 20.8. The summed E-state index contributed by atoms with van der Waals surface area (Å²) in [7, 11) is 0. The van der Waals surface area contributed by atoms with Crippen molar-refractivity contribution in [1.82, 2.24) is 0 Å². The average Bonchev–Trinajstić information content (AvgIpc) is 2.64. The lowest BCUT2D eigenvalue weighted by molar-refractivity contribution is -0.211. The van der Waals surface area contributed by atoms with Crippen molar-refractivity contribution in [3.63, 3.8) is 0 Å². The second kappa shape index (κ2) is 3.85. The fourth-order valence-electron chi connectivity index (χ4n) is 3.04. The van der Waals surface area contributed by atoms with E-state index >= 15 is 0 Å². The maximum atomic E-state index is 11.7. The summed E-state index contributed by atoms with van der Waals surface area (Å²) in [4.78, 5) is 11.7. The third-order valence-electron chi connectivity index (χ3n) is 4.52. The molecule has 0 fully saturated rings. The molecule has 1 aromatic rings. The second-order valence-electron chi connectivity index (χ2n) is 6.30. The van der Waals surface area contributed by atoms with Gasteiger partial charge in [-0.2, -0.15) is 0 Å². The highest BCUT2D eigenvalue weighted by Gasteiger charge is 2.55. The first kappa shape index (κ1) is 13.2. The molecule has 2 N–H and O–H groups in total. The SMILES string of the molecule is Cc1cc2c(cc1O)C1=CC(=O)O[C@@]1(O)C(C)(C)CC2. The Hall–Kier alpha value is -1.81. The monoisotopic (exact) mass is 274 g/mol. The molecule has 2 aliphatic rings. The topological polar surface area (TPSA) is 66.8 Å². The summed E-state index contributed by atoms with van der Waals surface area (Å²) < 4.78 is 5.22. The van der Waals surface area contributed by atoms with Crippen molar-refractivity contribution in [2.45, 2.75) is 39.4 Å². The highest BCUT2D eigenvalue weighted by molar-refractivity contribution is 5.99. The van der Waals surface area contributed by atoms with Crippen LogP contribution in [0.4, 0.5) is 0 Å². The molecule has 4 nitrogen and oxygen atoms in total. The van der Waals surface area contributed by atoms with Gasteiger partial charge in [0.15, 0.2) is 0 Å². The number of aliphatic hydroxyl groups is 1. The van der Waals surface area contributed by atoms with Gasteiger partial charge in [0.1, 0.15) is 5.75 Å². The minimum atomic E-state index is -1.63. The number of hydrogen-bond acceptors (Lipinski definition) is 4. The quantitative estimate of drug-likeness (QED) is 0.712. The molecule has 0 unspecified atom stereocenters. The van der Waals surface area contributed by atoms with Crippen LogP contribution in [0.1, 0.15) is 37.0 Å². The molecular formula is C16H18O4. The summed E-state index contributed by atoms with van der Waals surface area (Å²) in [6.45, 7) is 5.61. The Bertz CT molecular complexity index is 642. The molecule has 0 bridgehead atoms. The van der Waals surface area contributed by atoms with Gasteiger partial charge in [0.25, 0.3) is 0 Å². The Morgan fingerprint density at radius 3 is 2.70 bits per heavy atom. The van der Waals surface area contributed by atoms with Gasteiger partial charge in [0.05, 0.1) is 0 Å². The third kappa shape index (κ3) is 1.61. The first-order chi connectivity index (χ1) is 9.24. The number of carbonyl (C=O) groups is 1. The van der Waals surface area contributed by atoms with Gasteiger partial charge in [-0.25, -0.2) is 4.79 Å². The number of phenolic OH excluding ortho intramolecular Hbond substituents is 1. The van der Waals surface area contributed by atoms with Crippen molar-refractivity contribution in [1.29, 1.82) is 0 Å². The first-order valence-electron chi connectivity index (χ1n) is 6.75. The van der Waals surface area contributed by atoms with Gasteiger partial charge in [-0.1, -0.05) is 19.9 Å². The predicted octanol–water partition coefficient (Wildman–Crippen LogP) is 2.30. The van der Waals surface area contributed by atoms with E-state index in [2.05, 4.69) is 0 Å². The zero-order valence-electron chi connectivity index (χ0n) is 11.9. The number of aromatic hydroxyl groups is 1. The van der Waals surface area contributed by atoms with Gasteiger partial charge in [-0.3, -0.25) is 0 Å². The molecule has 20 heavy (non-hydrogen) atoms. The highest BCUT2D eigenvalue weighted by atomic mass is 16.7. The molecule has 4 heteroatoms. The van der Waals surface area contributed by atoms with Crippen molar-refractivity contribution >= 4 is 11.5 Å². The molecule has 0 saturated carbocycles. The summed E-state index contributed by atoms with van der Waals surface area (Å²) in [5.74, 6) is -2.01. The van der Waals surface area contributed by atoms with Crippen LogP contribution >= 0.6 is 0 Å². The number of fused-ring (bicyclic) bond motifs is 3. The van der Waals surface area contributed by atoms with E-state index in [0.29, 0.717) is 17.6 Å². The van der Waals surface area contributed by atoms with Gasteiger partial charge >= 0.3 is 5.97 Å². The van der Waals surface area contributed by atoms with Crippen LogP contribution in [-0.2, 0) is 16.0 Å². The molecule has 0 spiro atoms. The second-order valence-corrected chi connectivity index (χ2v) is 6.30. The van der Waals surface area contributed by atoms with E-state index < -0.39 is 17.2 Å². The number of hydrogen-bond donors (Lipinski definition) is 2. The van der Waals surface area contributed by atoms with Crippen LogP contribution < -0.4 is 0 Å². The Morgan fingerprint density at radius 1 is 1.30 bits per heavy atom. The molecule has 0 saturated heterocycles. The minimum Gasteiger partial charge on any atom is -0.508 e. The summed E-state index contributed by atoms with van der Waals surface area (Å²) >= 11 is 0. The molecule has 0 aromatic heterocycles. The predicted molar refractivity (Wildman–Crippen MR) is 74.0 cm³/mol. The molecule has 106 valence electrons. The molecule has 1 atom stereocenters. The van der Waals surface area contributed by atoms with E-state index in [4.69, 9.17) is 4.74 Å². The van der Waals surface area contributed by atoms with Crippen molar-refractivity contribution in [2.24, 2.45) is 5.41 Å². The largest absolute Gasteiger partial charge is 0.508 e. The van der Waals surface area contributed by atoms with Crippen molar-refractivity contribution in [3.05, 3.63) is 34.9 Å². The van der Waals surface area contributed by atoms with Crippen LogP contribution in [0, 0.1) is 12.3 Å². The fraction of sp³-hybridized carbons (Fsp3) is 0.438. The van der Waals surface area contributed by atoms with Crippen LogP contribution in [0.5, 0.6) is 5.75 Å². The zero-order chi connectivity index (χ0) is 14.7. The standard InChI is InChI=1S/C16H18O4/c1-9-6-10-4-5-15(2,3)16(19)12(8-14(18)20-16)11(10)7-13(9)17/h6-8,17,19H,4-5H2,1-3H3/t16-/m1/s1. The summed E-state index contributed by atoms with van der Waals surface area (Å²) in [6.07, 6.45) is 2.78. The summed E-state index contributed by atoms with van der Waals surface area (Å²) in [5.41, 5.74) is 2.38. The molecule has 3 rings (SSSR count). The number of rotatable bonds is 0. The Morgan fingerprint density at radius 2 is 2.00 bits per heavy atom. The van der Waals surface area contributed by atoms with Gasteiger partial charge in [-0.05, 0) is 42.5 Å². The smallest absolute Gasteiger partial charge is 0.334 e. The maximum absolute atomic E-state index is 11.7. The van der Waals surface area contributed by atoms with E-state index in [1.54, 1.807) is 6.07 Å². The van der Waals surface area contributed by atoms with E-state index in [0.717, 1.165) is 17.5 Å². The number of phenols is 1. The highest BCUT2D eigenvalue weighted by Crippen LogP contribution is 2.51. The fourth-order valence-corrected chi connectivity index (χ4v) is 3.04. The van der Waals surface area contributed by atoms with Crippen LogP contribution in [0.3, 0.4) is 0 Å². The lowest BCUT2D eigenvalue weighted by Gasteiger charge is -2.38. The van der Waals surface area contributed by atoms with Crippen molar-refractivity contribution in [3.8, 4) is 5.75 Å². The van der Waals surface area contributed by atoms with Crippen LogP contribution in [0.2, 0.25) is 0 Å². The molecule has 1 heterocycles. The average molecular weight is 274 g/mol. The number of carbonyl (C=O) groups excluding carboxylic acids is 1. The molecule has 0 radical (unpaired) electrons. The van der Waals surface area contributed by atoms with Gasteiger partial charge in [-0.15, -0.1) is 0 Å². The van der Waals surface area contributed by atoms with Gasteiger partial charge in [0.2, 0.25) is 5.79 Å². The number of esters is 1. The molecule has 1 aromatic carbocycles. The number of ether oxygens (including phenoxy) is 1. The lowest BCUT2D eigenvalue weighted by atomic mass is 9.77.